The maximum Gasteiger partial charge on any atom is 0.407 e. The quantitative estimate of drug-likeness (QED) is 0.719. The Balaban J connectivity index is 1.83. The van der Waals surface area contributed by atoms with Gasteiger partial charge in [-0.05, 0) is 56.3 Å². The highest BCUT2D eigenvalue weighted by atomic mass is 16.5. The minimum absolute atomic E-state index is 0.110. The molecule has 3 rings (SSSR count). The van der Waals surface area contributed by atoms with Crippen LogP contribution in [0.5, 0.6) is 0 Å². The minimum Gasteiger partial charge on any atom is -0.453 e. The summed E-state index contributed by atoms with van der Waals surface area (Å²) in [4.78, 5) is 11.4. The van der Waals surface area contributed by atoms with Crippen LogP contribution in [0.2, 0.25) is 0 Å². The van der Waals surface area contributed by atoms with E-state index in [2.05, 4.69) is 5.32 Å². The number of carbonyl (C=O) groups is 1. The van der Waals surface area contributed by atoms with Crippen molar-refractivity contribution in [1.82, 2.24) is 5.32 Å². The van der Waals surface area contributed by atoms with Gasteiger partial charge in [-0.25, -0.2) is 4.79 Å². The predicted octanol–water partition coefficient (Wildman–Crippen LogP) is 2.31. The SMILES string of the molecule is COC(=O)NC12CC[C@@H]3CC[C@@H](CC1)C32. The third kappa shape index (κ3) is 1.21. The van der Waals surface area contributed by atoms with Crippen LogP contribution in [0.15, 0.2) is 0 Å². The molecule has 3 saturated carbocycles. The summed E-state index contributed by atoms with van der Waals surface area (Å²) in [7, 11) is 1.46. The van der Waals surface area contributed by atoms with Gasteiger partial charge in [-0.3, -0.25) is 0 Å². The molecule has 2 atom stereocenters. The average Bonchev–Trinajstić information content (AvgIpc) is 2.84. The molecule has 0 heterocycles. The zero-order chi connectivity index (χ0) is 10.5. The molecule has 3 fully saturated rings. The third-order valence-electron chi connectivity index (χ3n) is 5.02. The Hall–Kier alpha value is -0.730. The first-order chi connectivity index (χ1) is 7.25. The summed E-state index contributed by atoms with van der Waals surface area (Å²) >= 11 is 0. The van der Waals surface area contributed by atoms with Crippen LogP contribution in [0.4, 0.5) is 4.79 Å². The Morgan fingerprint density at radius 2 is 1.80 bits per heavy atom. The van der Waals surface area contributed by atoms with Crippen molar-refractivity contribution >= 4 is 6.09 Å². The van der Waals surface area contributed by atoms with Gasteiger partial charge in [-0.15, -0.1) is 0 Å². The van der Waals surface area contributed by atoms with Gasteiger partial charge < -0.3 is 10.1 Å². The van der Waals surface area contributed by atoms with Gasteiger partial charge in [-0.2, -0.15) is 0 Å². The van der Waals surface area contributed by atoms with Crippen LogP contribution < -0.4 is 5.32 Å². The Bertz CT molecular complexity index is 273. The monoisotopic (exact) mass is 209 g/mol. The van der Waals surface area contributed by atoms with Gasteiger partial charge in [0.2, 0.25) is 0 Å². The smallest absolute Gasteiger partial charge is 0.407 e. The zero-order valence-electron chi connectivity index (χ0n) is 9.29. The predicted molar refractivity (Wildman–Crippen MR) is 56.4 cm³/mol. The zero-order valence-corrected chi connectivity index (χ0v) is 9.29. The highest BCUT2D eigenvalue weighted by Gasteiger charge is 2.58. The molecule has 3 aliphatic rings. The van der Waals surface area contributed by atoms with Crippen molar-refractivity contribution in [3.8, 4) is 0 Å². The van der Waals surface area contributed by atoms with E-state index in [4.69, 9.17) is 4.74 Å². The molecule has 0 bridgehead atoms. The van der Waals surface area contributed by atoms with E-state index in [0.717, 1.165) is 17.8 Å². The van der Waals surface area contributed by atoms with Crippen molar-refractivity contribution in [2.45, 2.75) is 44.1 Å². The summed E-state index contributed by atoms with van der Waals surface area (Å²) in [6, 6.07) is 0. The van der Waals surface area contributed by atoms with Gasteiger partial charge in [0.1, 0.15) is 0 Å². The number of hydrogen-bond donors (Lipinski definition) is 1. The van der Waals surface area contributed by atoms with Crippen molar-refractivity contribution in [2.24, 2.45) is 17.8 Å². The van der Waals surface area contributed by atoms with Crippen LogP contribution in [0.25, 0.3) is 0 Å². The normalized spacial score (nSPS) is 46.6. The second-order valence-corrected chi connectivity index (χ2v) is 5.47. The number of rotatable bonds is 1. The molecule has 0 aliphatic heterocycles. The second kappa shape index (κ2) is 3.13. The van der Waals surface area contributed by atoms with E-state index in [1.807, 2.05) is 0 Å². The van der Waals surface area contributed by atoms with Gasteiger partial charge in [0.25, 0.3) is 0 Å². The second-order valence-electron chi connectivity index (χ2n) is 5.47. The molecular weight excluding hydrogens is 190 g/mol. The molecular formula is C12H19NO2. The first-order valence-corrected chi connectivity index (χ1v) is 6.11. The number of alkyl carbamates (subject to hydrolysis) is 1. The molecule has 0 radical (unpaired) electrons. The van der Waals surface area contributed by atoms with E-state index in [0.29, 0.717) is 0 Å². The fraction of sp³-hybridized carbons (Fsp3) is 0.917. The van der Waals surface area contributed by atoms with Gasteiger partial charge in [0.05, 0.1) is 7.11 Å². The highest BCUT2D eigenvalue weighted by Crippen LogP contribution is 2.60. The van der Waals surface area contributed by atoms with E-state index in [9.17, 15) is 4.79 Å². The lowest BCUT2D eigenvalue weighted by Crippen LogP contribution is -2.49. The highest BCUT2D eigenvalue weighted by molar-refractivity contribution is 5.68. The van der Waals surface area contributed by atoms with Crippen LogP contribution in [-0.2, 0) is 4.74 Å². The number of amides is 1. The maximum atomic E-state index is 11.4. The molecule has 3 heteroatoms. The first-order valence-electron chi connectivity index (χ1n) is 6.11. The Morgan fingerprint density at radius 1 is 1.20 bits per heavy atom. The number of nitrogens with one attached hydrogen (secondary N) is 1. The molecule has 1 N–H and O–H groups in total. The van der Waals surface area contributed by atoms with E-state index in [-0.39, 0.29) is 11.6 Å². The number of ether oxygens (including phenoxy) is 1. The number of methoxy groups -OCH3 is 1. The van der Waals surface area contributed by atoms with E-state index >= 15 is 0 Å². The molecule has 15 heavy (non-hydrogen) atoms. The standard InChI is InChI=1S/C12H19NO2/c1-15-11(14)13-12-6-4-8-2-3-9(5-7-12)10(8)12/h8-10H,2-7H2,1H3,(H,13,14)/t8-,9-,10?,12?/m0/s1. The average molecular weight is 209 g/mol. The van der Waals surface area contributed by atoms with Crippen molar-refractivity contribution < 1.29 is 9.53 Å². The van der Waals surface area contributed by atoms with Crippen LogP contribution in [-0.4, -0.2) is 18.7 Å². The van der Waals surface area contributed by atoms with Crippen LogP contribution in [0, 0.1) is 17.8 Å². The largest absolute Gasteiger partial charge is 0.453 e. The molecule has 0 spiro atoms. The third-order valence-corrected chi connectivity index (χ3v) is 5.02. The van der Waals surface area contributed by atoms with E-state index < -0.39 is 0 Å². The van der Waals surface area contributed by atoms with Crippen molar-refractivity contribution in [2.75, 3.05) is 7.11 Å². The number of hydrogen-bond acceptors (Lipinski definition) is 2. The van der Waals surface area contributed by atoms with Gasteiger partial charge in [-0.1, -0.05) is 0 Å². The first kappa shape index (κ1) is 9.49. The summed E-state index contributed by atoms with van der Waals surface area (Å²) in [5.74, 6) is 2.53. The molecule has 84 valence electrons. The Kier molecular flexibility index (Phi) is 1.98. The molecule has 1 amide bonds. The lowest BCUT2D eigenvalue weighted by molar-refractivity contribution is 0.146. The summed E-state index contributed by atoms with van der Waals surface area (Å²) in [6.45, 7) is 0. The van der Waals surface area contributed by atoms with Crippen molar-refractivity contribution in [3.63, 3.8) is 0 Å². The van der Waals surface area contributed by atoms with Gasteiger partial charge in [0.15, 0.2) is 0 Å². The van der Waals surface area contributed by atoms with Crippen LogP contribution >= 0.6 is 0 Å². The Labute approximate surface area is 90.6 Å². The lowest BCUT2D eigenvalue weighted by atomic mass is 9.86. The van der Waals surface area contributed by atoms with Crippen molar-refractivity contribution in [3.05, 3.63) is 0 Å². The molecule has 0 unspecified atom stereocenters. The van der Waals surface area contributed by atoms with E-state index in [1.54, 1.807) is 0 Å². The van der Waals surface area contributed by atoms with E-state index in [1.165, 1.54) is 45.6 Å². The van der Waals surface area contributed by atoms with Gasteiger partial charge in [0, 0.05) is 5.54 Å². The van der Waals surface area contributed by atoms with Crippen molar-refractivity contribution in [1.29, 1.82) is 0 Å². The topological polar surface area (TPSA) is 38.3 Å². The fourth-order valence-electron chi connectivity index (χ4n) is 4.53. The van der Waals surface area contributed by atoms with Crippen LogP contribution in [0.3, 0.4) is 0 Å². The summed E-state index contributed by atoms with van der Waals surface area (Å²) < 4.78 is 4.76. The molecule has 3 aliphatic carbocycles. The molecule has 0 aromatic carbocycles. The van der Waals surface area contributed by atoms with Gasteiger partial charge >= 0.3 is 6.09 Å². The number of carbonyl (C=O) groups excluding carboxylic acids is 1. The molecule has 0 aromatic heterocycles. The fourth-order valence-corrected chi connectivity index (χ4v) is 4.53. The minimum atomic E-state index is -0.233. The summed E-state index contributed by atoms with van der Waals surface area (Å²) in [6.07, 6.45) is 7.51. The summed E-state index contributed by atoms with van der Waals surface area (Å²) in [5, 5.41) is 3.14. The Morgan fingerprint density at radius 3 is 2.33 bits per heavy atom. The molecule has 3 nitrogen and oxygen atoms in total. The summed E-state index contributed by atoms with van der Waals surface area (Å²) in [5.41, 5.74) is 0.110. The lowest BCUT2D eigenvalue weighted by Gasteiger charge is -2.31. The molecule has 0 saturated heterocycles. The molecule has 0 aromatic rings. The maximum absolute atomic E-state index is 11.4. The van der Waals surface area contributed by atoms with Crippen LogP contribution in [0.1, 0.15) is 38.5 Å².